The van der Waals surface area contributed by atoms with Gasteiger partial charge < -0.3 is 5.11 Å². The minimum absolute atomic E-state index is 0.0687. The lowest BCUT2D eigenvalue weighted by Crippen LogP contribution is -2.26. The van der Waals surface area contributed by atoms with Gasteiger partial charge in [0.05, 0.1) is 18.4 Å². The molecule has 0 saturated heterocycles. The maximum absolute atomic E-state index is 12.1. The molecule has 1 N–H and O–H groups in total. The average molecular weight is 264 g/mol. The molecular formula is C12H16N4O3. The van der Waals surface area contributed by atoms with Crippen molar-refractivity contribution >= 4 is 5.97 Å². The molecular weight excluding hydrogens is 248 g/mol. The second-order valence-electron chi connectivity index (χ2n) is 4.64. The minimum atomic E-state index is -1.04. The van der Waals surface area contributed by atoms with Crippen molar-refractivity contribution < 1.29 is 9.90 Å². The number of hydrogen-bond donors (Lipinski definition) is 1. The number of rotatable bonds is 4. The molecule has 102 valence electrons. The molecule has 0 bridgehead atoms. The molecule has 7 nitrogen and oxygen atoms in total. The van der Waals surface area contributed by atoms with Crippen LogP contribution >= 0.6 is 0 Å². The lowest BCUT2D eigenvalue weighted by molar-refractivity contribution is 0.0695. The first-order valence-corrected chi connectivity index (χ1v) is 5.93. The highest BCUT2D eigenvalue weighted by molar-refractivity contribution is 5.88. The molecule has 2 heterocycles. The molecule has 2 rings (SSSR count). The molecule has 0 atom stereocenters. The number of nitrogens with zero attached hydrogens (tertiary/aromatic N) is 4. The highest BCUT2D eigenvalue weighted by Crippen LogP contribution is 2.09. The van der Waals surface area contributed by atoms with E-state index in [1.54, 1.807) is 24.0 Å². The third-order valence-corrected chi connectivity index (χ3v) is 3.04. The third-order valence-electron chi connectivity index (χ3n) is 3.04. The Hall–Kier alpha value is -2.31. The predicted octanol–water partition coefficient (Wildman–Crippen LogP) is 0.711. The Bertz CT molecular complexity index is 663. The lowest BCUT2D eigenvalue weighted by Gasteiger charge is -2.06. The van der Waals surface area contributed by atoms with Gasteiger partial charge in [0.2, 0.25) is 0 Å². The van der Waals surface area contributed by atoms with Crippen molar-refractivity contribution in [2.45, 2.75) is 26.4 Å². The standard InChI is InChI=1S/C12H16N4O3/c1-8(2)16-5-4-15(12(16)19)7-10-9(11(17)18)6-13-14(10)3/h4-6,8H,7H2,1-3H3,(H,17,18). The van der Waals surface area contributed by atoms with E-state index in [0.29, 0.717) is 5.69 Å². The van der Waals surface area contributed by atoms with E-state index in [4.69, 9.17) is 5.11 Å². The molecule has 0 aliphatic rings. The van der Waals surface area contributed by atoms with Crippen LogP contribution in [0, 0.1) is 0 Å². The van der Waals surface area contributed by atoms with Gasteiger partial charge in [-0.3, -0.25) is 13.8 Å². The van der Waals surface area contributed by atoms with Gasteiger partial charge in [0.25, 0.3) is 0 Å². The number of hydrogen-bond acceptors (Lipinski definition) is 3. The van der Waals surface area contributed by atoms with Crippen LogP contribution in [0.1, 0.15) is 35.9 Å². The molecule has 2 aromatic heterocycles. The molecule has 0 aliphatic carbocycles. The summed E-state index contributed by atoms with van der Waals surface area (Å²) in [5.41, 5.74) is 0.454. The maximum Gasteiger partial charge on any atom is 0.339 e. The molecule has 19 heavy (non-hydrogen) atoms. The fourth-order valence-electron chi connectivity index (χ4n) is 1.93. The molecule has 0 aliphatic heterocycles. The number of aromatic nitrogens is 4. The predicted molar refractivity (Wildman–Crippen MR) is 68.3 cm³/mol. The van der Waals surface area contributed by atoms with E-state index in [2.05, 4.69) is 5.10 Å². The first-order valence-electron chi connectivity index (χ1n) is 5.93. The summed E-state index contributed by atoms with van der Waals surface area (Å²) in [4.78, 5) is 23.2. The zero-order valence-electron chi connectivity index (χ0n) is 11.1. The molecule has 0 fully saturated rings. The van der Waals surface area contributed by atoms with Crippen molar-refractivity contribution in [3.8, 4) is 0 Å². The summed E-state index contributed by atoms with van der Waals surface area (Å²) in [6.07, 6.45) is 4.65. The molecule has 2 aromatic rings. The molecule has 0 aromatic carbocycles. The third kappa shape index (κ3) is 2.31. The van der Waals surface area contributed by atoms with Gasteiger partial charge >= 0.3 is 11.7 Å². The monoisotopic (exact) mass is 264 g/mol. The first kappa shape index (κ1) is 13.1. The van der Waals surface area contributed by atoms with Gasteiger partial charge in [0.15, 0.2) is 0 Å². The van der Waals surface area contributed by atoms with Crippen LogP contribution in [0.2, 0.25) is 0 Å². The van der Waals surface area contributed by atoms with E-state index >= 15 is 0 Å². The minimum Gasteiger partial charge on any atom is -0.478 e. The summed E-state index contributed by atoms with van der Waals surface area (Å²) in [7, 11) is 1.66. The normalized spacial score (nSPS) is 11.2. The van der Waals surface area contributed by atoms with Crippen LogP contribution < -0.4 is 5.69 Å². The van der Waals surface area contributed by atoms with Crippen LogP contribution in [0.3, 0.4) is 0 Å². The molecule has 0 radical (unpaired) electrons. The Labute approximate surface area is 109 Å². The van der Waals surface area contributed by atoms with Crippen molar-refractivity contribution in [3.05, 3.63) is 40.3 Å². The van der Waals surface area contributed by atoms with Crippen LogP contribution in [-0.2, 0) is 13.6 Å². The lowest BCUT2D eigenvalue weighted by atomic mass is 10.2. The second kappa shape index (κ2) is 4.75. The van der Waals surface area contributed by atoms with Gasteiger partial charge in [0.1, 0.15) is 5.56 Å². The maximum atomic E-state index is 12.1. The number of carboxylic acids is 1. The van der Waals surface area contributed by atoms with Crippen molar-refractivity contribution in [1.82, 2.24) is 18.9 Å². The number of carbonyl (C=O) groups is 1. The van der Waals surface area contributed by atoms with Crippen molar-refractivity contribution in [3.63, 3.8) is 0 Å². The number of imidazole rings is 1. The topological polar surface area (TPSA) is 82.0 Å². The first-order chi connectivity index (χ1) is 8.91. The summed E-state index contributed by atoms with van der Waals surface area (Å²) in [6.45, 7) is 4.02. The van der Waals surface area contributed by atoms with E-state index in [1.165, 1.54) is 15.4 Å². The Morgan fingerprint density at radius 1 is 1.42 bits per heavy atom. The SMILES string of the molecule is CC(C)n1ccn(Cc2c(C(=O)O)cnn2C)c1=O. The highest BCUT2D eigenvalue weighted by Gasteiger charge is 2.16. The summed E-state index contributed by atoms with van der Waals surface area (Å²) in [6, 6.07) is 0.0687. The van der Waals surface area contributed by atoms with E-state index in [9.17, 15) is 9.59 Å². The van der Waals surface area contributed by atoms with Gasteiger partial charge in [-0.2, -0.15) is 5.10 Å². The van der Waals surface area contributed by atoms with Gasteiger partial charge in [-0.25, -0.2) is 9.59 Å². The largest absolute Gasteiger partial charge is 0.478 e. The van der Waals surface area contributed by atoms with Crippen LogP contribution in [0.15, 0.2) is 23.4 Å². The summed E-state index contributed by atoms with van der Waals surface area (Å²) < 4.78 is 4.54. The quantitative estimate of drug-likeness (QED) is 0.881. The fourth-order valence-corrected chi connectivity index (χ4v) is 1.93. The fraction of sp³-hybridized carbons (Fsp3) is 0.417. The van der Waals surface area contributed by atoms with E-state index < -0.39 is 5.97 Å². The van der Waals surface area contributed by atoms with Crippen LogP contribution in [0.4, 0.5) is 0 Å². The van der Waals surface area contributed by atoms with Gasteiger partial charge in [-0.15, -0.1) is 0 Å². The summed E-state index contributed by atoms with van der Waals surface area (Å²) in [5, 5.41) is 13.0. The van der Waals surface area contributed by atoms with Gasteiger partial charge in [0, 0.05) is 25.5 Å². The van der Waals surface area contributed by atoms with Crippen LogP contribution in [0.25, 0.3) is 0 Å². The van der Waals surface area contributed by atoms with E-state index in [-0.39, 0.29) is 23.8 Å². The number of aryl methyl sites for hydroxylation is 1. The van der Waals surface area contributed by atoms with Gasteiger partial charge in [-0.05, 0) is 13.8 Å². The molecule has 7 heteroatoms. The smallest absolute Gasteiger partial charge is 0.339 e. The highest BCUT2D eigenvalue weighted by atomic mass is 16.4. The van der Waals surface area contributed by atoms with E-state index in [1.807, 2.05) is 13.8 Å². The number of aromatic carboxylic acids is 1. The van der Waals surface area contributed by atoms with Crippen molar-refractivity contribution in [1.29, 1.82) is 0 Å². The zero-order valence-corrected chi connectivity index (χ0v) is 11.1. The average Bonchev–Trinajstić information content (AvgIpc) is 2.85. The van der Waals surface area contributed by atoms with Gasteiger partial charge in [-0.1, -0.05) is 0 Å². The Morgan fingerprint density at radius 3 is 2.63 bits per heavy atom. The molecule has 0 spiro atoms. The summed E-state index contributed by atoms with van der Waals surface area (Å²) in [5.74, 6) is -1.04. The van der Waals surface area contributed by atoms with Crippen LogP contribution in [-0.4, -0.2) is 30.0 Å². The van der Waals surface area contributed by atoms with Crippen LogP contribution in [0.5, 0.6) is 0 Å². The van der Waals surface area contributed by atoms with Crippen molar-refractivity contribution in [2.75, 3.05) is 0 Å². The van der Waals surface area contributed by atoms with E-state index in [0.717, 1.165) is 0 Å². The summed E-state index contributed by atoms with van der Waals surface area (Å²) >= 11 is 0. The zero-order chi connectivity index (χ0) is 14.2. The molecule has 0 unspecified atom stereocenters. The second-order valence-corrected chi connectivity index (χ2v) is 4.64. The molecule has 0 saturated carbocycles. The number of carboxylic acid groups (broad SMARTS) is 1. The Kier molecular flexibility index (Phi) is 3.28. The van der Waals surface area contributed by atoms with Crippen molar-refractivity contribution in [2.24, 2.45) is 7.05 Å². The molecule has 0 amide bonds. The Morgan fingerprint density at radius 2 is 2.11 bits per heavy atom. The Balaban J connectivity index is 2.40.